The second-order valence-corrected chi connectivity index (χ2v) is 8.20. The number of anilines is 3. The van der Waals surface area contributed by atoms with E-state index in [1.54, 1.807) is 25.1 Å². The van der Waals surface area contributed by atoms with Crippen LogP contribution in [0.4, 0.5) is 17.1 Å². The fraction of sp³-hybridized carbons (Fsp3) is 0.368. The molecule has 3 aromatic rings. The Balaban J connectivity index is 1.80. The first-order valence-corrected chi connectivity index (χ1v) is 10.5. The molecule has 6 nitrogen and oxygen atoms in total. The van der Waals surface area contributed by atoms with Crippen LogP contribution >= 0.6 is 23.5 Å². The predicted octanol–water partition coefficient (Wildman–Crippen LogP) is 4.64. The van der Waals surface area contributed by atoms with E-state index in [0.717, 1.165) is 11.4 Å². The van der Waals surface area contributed by atoms with Gasteiger partial charge in [0.1, 0.15) is 10.5 Å². The number of rotatable bonds is 5. The number of aromatic amines is 1. The maximum Gasteiger partial charge on any atom is 0.277 e. The van der Waals surface area contributed by atoms with Crippen molar-refractivity contribution in [2.75, 3.05) is 22.9 Å². The van der Waals surface area contributed by atoms with Gasteiger partial charge in [0.15, 0.2) is 5.65 Å². The minimum atomic E-state index is -0.137. The van der Waals surface area contributed by atoms with Crippen LogP contribution in [0.3, 0.4) is 0 Å². The Hall–Kier alpha value is -2.12. The highest BCUT2D eigenvalue weighted by molar-refractivity contribution is 7.99. The molecular formula is C19H22ClN5OS. The molecule has 0 atom stereocenters. The van der Waals surface area contributed by atoms with Crippen LogP contribution in [0.5, 0.6) is 0 Å². The van der Waals surface area contributed by atoms with Crippen molar-refractivity contribution in [3.05, 3.63) is 45.3 Å². The average molecular weight is 404 g/mol. The molecule has 0 spiro atoms. The van der Waals surface area contributed by atoms with Crippen molar-refractivity contribution in [1.29, 1.82) is 0 Å². The summed E-state index contributed by atoms with van der Waals surface area (Å²) in [5.74, 6) is 0.659. The number of benzene rings is 1. The first-order valence-electron chi connectivity index (χ1n) is 8.92. The summed E-state index contributed by atoms with van der Waals surface area (Å²) < 4.78 is 3.54. The van der Waals surface area contributed by atoms with E-state index in [9.17, 15) is 4.79 Å². The molecule has 8 heteroatoms. The summed E-state index contributed by atoms with van der Waals surface area (Å²) in [5, 5.41) is 7.18. The minimum absolute atomic E-state index is 0.137. The van der Waals surface area contributed by atoms with Crippen LogP contribution in [0.2, 0.25) is 5.15 Å². The Labute approximate surface area is 167 Å². The van der Waals surface area contributed by atoms with Crippen LogP contribution in [0.15, 0.2) is 29.1 Å². The standard InChI is InChI=1S/C19H22ClN5OS/c1-24-19(26)17-14(10-16(20)22-18(17)23-24)21-13-8-7-12(11-5-4-6-11)9-15(13)25(2)27-3/h7-11H,4-6H2,1-3H3,(H2,21,22,23). The van der Waals surface area contributed by atoms with Crippen molar-refractivity contribution >= 4 is 51.6 Å². The number of nitrogens with zero attached hydrogens (tertiary/aromatic N) is 3. The fourth-order valence-corrected chi connectivity index (χ4v) is 3.98. The number of hydrogen-bond acceptors (Lipinski definition) is 5. The van der Waals surface area contributed by atoms with Crippen molar-refractivity contribution in [2.24, 2.45) is 7.05 Å². The lowest BCUT2D eigenvalue weighted by atomic mass is 9.80. The number of halogens is 1. The van der Waals surface area contributed by atoms with E-state index < -0.39 is 0 Å². The molecule has 1 aromatic carbocycles. The number of H-pyrrole nitrogens is 1. The Bertz CT molecular complexity index is 1060. The molecule has 0 amide bonds. The van der Waals surface area contributed by atoms with E-state index >= 15 is 0 Å². The van der Waals surface area contributed by atoms with E-state index in [0.29, 0.717) is 27.8 Å². The van der Waals surface area contributed by atoms with Crippen LogP contribution < -0.4 is 15.2 Å². The Kier molecular flexibility index (Phi) is 4.82. The van der Waals surface area contributed by atoms with Gasteiger partial charge >= 0.3 is 0 Å². The van der Waals surface area contributed by atoms with E-state index in [-0.39, 0.29) is 5.56 Å². The van der Waals surface area contributed by atoms with Gasteiger partial charge in [-0.25, -0.2) is 4.98 Å². The van der Waals surface area contributed by atoms with Crippen molar-refractivity contribution < 1.29 is 0 Å². The molecule has 142 valence electrons. The zero-order valence-electron chi connectivity index (χ0n) is 15.5. The van der Waals surface area contributed by atoms with Crippen LogP contribution in [0, 0.1) is 0 Å². The van der Waals surface area contributed by atoms with Gasteiger partial charge in [0, 0.05) is 20.4 Å². The molecule has 0 saturated heterocycles. The Morgan fingerprint density at radius 3 is 2.78 bits per heavy atom. The molecule has 2 heterocycles. The lowest BCUT2D eigenvalue weighted by molar-refractivity contribution is 0.420. The largest absolute Gasteiger partial charge is 0.353 e. The molecule has 1 aliphatic rings. The average Bonchev–Trinajstić information content (AvgIpc) is 2.88. The second kappa shape index (κ2) is 7.13. The minimum Gasteiger partial charge on any atom is -0.353 e. The molecule has 27 heavy (non-hydrogen) atoms. The topological polar surface area (TPSA) is 66.0 Å². The third-order valence-electron chi connectivity index (χ3n) is 5.26. The maximum atomic E-state index is 12.5. The highest BCUT2D eigenvalue weighted by atomic mass is 35.5. The smallest absolute Gasteiger partial charge is 0.277 e. The summed E-state index contributed by atoms with van der Waals surface area (Å²) in [6, 6.07) is 8.21. The van der Waals surface area contributed by atoms with Gasteiger partial charge in [-0.1, -0.05) is 36.0 Å². The fourth-order valence-electron chi connectivity index (χ4n) is 3.44. The maximum absolute atomic E-state index is 12.5. The number of aryl methyl sites for hydroxylation is 1. The van der Waals surface area contributed by atoms with E-state index in [2.05, 4.69) is 37.9 Å². The summed E-state index contributed by atoms with van der Waals surface area (Å²) in [4.78, 5) is 16.7. The predicted molar refractivity (Wildman–Crippen MR) is 115 cm³/mol. The molecule has 0 radical (unpaired) electrons. The first-order chi connectivity index (χ1) is 13.0. The normalized spacial score (nSPS) is 14.4. The molecular weight excluding hydrogens is 382 g/mol. The molecule has 1 fully saturated rings. The van der Waals surface area contributed by atoms with E-state index in [1.165, 1.54) is 29.5 Å². The SMILES string of the molecule is CSN(C)c1cc(C2CCC2)ccc1Nc1cc(Cl)nc2[nH]n(C)c(=O)c12. The molecule has 2 N–H and O–H groups in total. The van der Waals surface area contributed by atoms with Gasteiger partial charge < -0.3 is 9.62 Å². The highest BCUT2D eigenvalue weighted by Crippen LogP contribution is 2.41. The van der Waals surface area contributed by atoms with E-state index in [1.807, 2.05) is 13.3 Å². The lowest BCUT2D eigenvalue weighted by Crippen LogP contribution is -2.14. The van der Waals surface area contributed by atoms with Gasteiger partial charge in [-0.2, -0.15) is 0 Å². The Morgan fingerprint density at radius 1 is 1.33 bits per heavy atom. The second-order valence-electron chi connectivity index (χ2n) is 6.90. The summed E-state index contributed by atoms with van der Waals surface area (Å²) in [5.41, 5.74) is 4.38. The van der Waals surface area contributed by atoms with Gasteiger partial charge in [0.25, 0.3) is 5.56 Å². The quantitative estimate of drug-likeness (QED) is 0.480. The number of nitrogens with one attached hydrogen (secondary N) is 2. The van der Waals surface area contributed by atoms with Crippen LogP contribution in [0.25, 0.3) is 11.0 Å². The summed E-state index contributed by atoms with van der Waals surface area (Å²) in [6.45, 7) is 0. The van der Waals surface area contributed by atoms with Crippen LogP contribution in [-0.2, 0) is 7.05 Å². The van der Waals surface area contributed by atoms with Crippen molar-refractivity contribution in [3.63, 3.8) is 0 Å². The van der Waals surface area contributed by atoms with Gasteiger partial charge in [0.2, 0.25) is 0 Å². The highest BCUT2D eigenvalue weighted by Gasteiger charge is 2.22. The summed E-state index contributed by atoms with van der Waals surface area (Å²) in [7, 11) is 3.71. The number of aromatic nitrogens is 3. The summed E-state index contributed by atoms with van der Waals surface area (Å²) in [6.07, 6.45) is 5.87. The zero-order chi connectivity index (χ0) is 19.1. The van der Waals surface area contributed by atoms with Crippen molar-refractivity contribution in [3.8, 4) is 0 Å². The molecule has 0 aliphatic heterocycles. The first kappa shape index (κ1) is 18.3. The number of fused-ring (bicyclic) bond motifs is 1. The van der Waals surface area contributed by atoms with Gasteiger partial charge in [0.05, 0.1) is 17.1 Å². The molecule has 4 rings (SSSR count). The zero-order valence-corrected chi connectivity index (χ0v) is 17.1. The third-order valence-corrected chi connectivity index (χ3v) is 6.20. The Morgan fingerprint density at radius 2 is 2.11 bits per heavy atom. The molecule has 2 aromatic heterocycles. The number of pyridine rings is 1. The van der Waals surface area contributed by atoms with Crippen molar-refractivity contribution in [2.45, 2.75) is 25.2 Å². The summed E-state index contributed by atoms with van der Waals surface area (Å²) >= 11 is 7.82. The molecule has 1 saturated carbocycles. The molecule has 1 aliphatic carbocycles. The van der Waals surface area contributed by atoms with Gasteiger partial charge in [-0.15, -0.1) is 0 Å². The third kappa shape index (κ3) is 3.30. The molecule has 0 unspecified atom stereocenters. The van der Waals surface area contributed by atoms with Crippen LogP contribution in [-0.4, -0.2) is 28.1 Å². The van der Waals surface area contributed by atoms with Crippen molar-refractivity contribution in [1.82, 2.24) is 14.8 Å². The van der Waals surface area contributed by atoms with Crippen LogP contribution in [0.1, 0.15) is 30.7 Å². The lowest BCUT2D eigenvalue weighted by Gasteiger charge is -2.28. The number of hydrogen-bond donors (Lipinski definition) is 2. The van der Waals surface area contributed by atoms with E-state index in [4.69, 9.17) is 11.6 Å². The monoisotopic (exact) mass is 403 g/mol. The molecule has 0 bridgehead atoms. The van der Waals surface area contributed by atoms with Gasteiger partial charge in [-0.05, 0) is 42.5 Å². The van der Waals surface area contributed by atoms with Gasteiger partial charge in [-0.3, -0.25) is 14.6 Å².